The fraction of sp³-hybridized carbons (Fsp3) is 0.450. The van der Waals surface area contributed by atoms with Crippen LogP contribution in [0, 0.1) is 6.92 Å². The molecule has 0 aromatic carbocycles. The number of hydrogen-bond acceptors (Lipinski definition) is 7. The lowest BCUT2D eigenvalue weighted by Gasteiger charge is -2.32. The van der Waals surface area contributed by atoms with Gasteiger partial charge in [-0.3, -0.25) is 4.79 Å². The molecule has 29 heavy (non-hydrogen) atoms. The number of hydrogen-bond donors (Lipinski definition) is 1. The van der Waals surface area contributed by atoms with E-state index in [-0.39, 0.29) is 11.9 Å². The number of nitrogens with one attached hydrogen (secondary N) is 1. The van der Waals surface area contributed by atoms with Crippen LogP contribution in [0.5, 0.6) is 0 Å². The number of carbonyl (C=O) groups excluding carboxylic acids is 1. The number of aromatic nitrogens is 5. The van der Waals surface area contributed by atoms with E-state index in [0.29, 0.717) is 32.0 Å². The number of pyridine rings is 1. The molecule has 9 heteroatoms. The van der Waals surface area contributed by atoms with Crippen molar-refractivity contribution in [3.8, 4) is 0 Å². The van der Waals surface area contributed by atoms with Gasteiger partial charge in [-0.05, 0) is 45.2 Å². The number of ether oxygens (including phenoxy) is 1. The fourth-order valence-electron chi connectivity index (χ4n) is 4.30. The lowest BCUT2D eigenvalue weighted by atomic mass is 9.78. The minimum atomic E-state index is -0.623. The zero-order valence-corrected chi connectivity index (χ0v) is 16.7. The van der Waals surface area contributed by atoms with Gasteiger partial charge in [-0.25, -0.2) is 19.5 Å². The van der Waals surface area contributed by atoms with Crippen molar-refractivity contribution < 1.29 is 9.53 Å². The maximum Gasteiger partial charge on any atom is 0.239 e. The molecule has 0 saturated carbocycles. The summed E-state index contributed by atoms with van der Waals surface area (Å²) in [6, 6.07) is 2.00. The first-order valence-electron chi connectivity index (χ1n) is 9.85. The van der Waals surface area contributed by atoms with Gasteiger partial charge in [-0.1, -0.05) is 0 Å². The molecule has 0 aliphatic carbocycles. The molecule has 1 fully saturated rings. The van der Waals surface area contributed by atoms with E-state index in [1.54, 1.807) is 10.7 Å². The average molecular weight is 393 g/mol. The zero-order chi connectivity index (χ0) is 20.2. The van der Waals surface area contributed by atoms with Crippen molar-refractivity contribution in [2.75, 3.05) is 23.4 Å². The summed E-state index contributed by atoms with van der Waals surface area (Å²) < 4.78 is 7.25. The van der Waals surface area contributed by atoms with Crippen molar-refractivity contribution in [2.45, 2.75) is 45.1 Å². The van der Waals surface area contributed by atoms with Gasteiger partial charge < -0.3 is 15.0 Å². The number of fused-ring (bicyclic) bond motifs is 3. The Hall–Kier alpha value is -3.07. The first-order chi connectivity index (χ1) is 14.0. The maximum absolute atomic E-state index is 13.4. The van der Waals surface area contributed by atoms with E-state index in [4.69, 9.17) is 9.72 Å². The Balaban J connectivity index is 1.57. The van der Waals surface area contributed by atoms with E-state index >= 15 is 0 Å². The smallest absolute Gasteiger partial charge is 0.239 e. The van der Waals surface area contributed by atoms with E-state index in [1.807, 2.05) is 37.9 Å². The predicted octanol–water partition coefficient (Wildman–Crippen LogP) is 2.37. The van der Waals surface area contributed by atoms with Crippen LogP contribution in [0.4, 0.5) is 17.3 Å². The Labute approximate surface area is 168 Å². The van der Waals surface area contributed by atoms with Crippen molar-refractivity contribution in [1.29, 1.82) is 0 Å². The van der Waals surface area contributed by atoms with Gasteiger partial charge in [0.2, 0.25) is 11.9 Å². The lowest BCUT2D eigenvalue weighted by molar-refractivity contribution is -0.127. The number of amides is 1. The predicted molar refractivity (Wildman–Crippen MR) is 107 cm³/mol. The largest absolute Gasteiger partial charge is 0.381 e. The molecule has 1 amide bonds. The topological polar surface area (TPSA) is 97.5 Å². The SMILES string of the molecule is Cc1cc2ncnn2cc1Nc1ncc2c(n1)C1(CCOCC1)C(=O)N2C(C)C. The van der Waals surface area contributed by atoms with Gasteiger partial charge in [-0.15, -0.1) is 0 Å². The van der Waals surface area contributed by atoms with E-state index < -0.39 is 5.41 Å². The third-order valence-corrected chi connectivity index (χ3v) is 5.84. The van der Waals surface area contributed by atoms with Gasteiger partial charge in [0.15, 0.2) is 5.65 Å². The quantitative estimate of drug-likeness (QED) is 0.729. The Kier molecular flexibility index (Phi) is 4.02. The lowest BCUT2D eigenvalue weighted by Crippen LogP contribution is -2.46. The Morgan fingerprint density at radius 2 is 2.03 bits per heavy atom. The molecule has 0 unspecified atom stereocenters. The molecule has 2 aliphatic rings. The molecule has 2 aliphatic heterocycles. The molecule has 1 N–H and O–H groups in total. The highest BCUT2D eigenvalue weighted by Gasteiger charge is 2.53. The van der Waals surface area contributed by atoms with E-state index in [2.05, 4.69) is 20.4 Å². The van der Waals surface area contributed by atoms with Crippen LogP contribution in [0.15, 0.2) is 24.8 Å². The van der Waals surface area contributed by atoms with Crippen LogP contribution in [-0.2, 0) is 14.9 Å². The minimum absolute atomic E-state index is 0.0443. The fourth-order valence-corrected chi connectivity index (χ4v) is 4.30. The van der Waals surface area contributed by atoms with Crippen molar-refractivity contribution in [1.82, 2.24) is 24.6 Å². The Morgan fingerprint density at radius 1 is 1.24 bits per heavy atom. The summed E-state index contributed by atoms with van der Waals surface area (Å²) in [5.41, 5.74) is 3.62. The van der Waals surface area contributed by atoms with Crippen molar-refractivity contribution in [2.24, 2.45) is 0 Å². The van der Waals surface area contributed by atoms with Crippen LogP contribution >= 0.6 is 0 Å². The summed E-state index contributed by atoms with van der Waals surface area (Å²) in [4.78, 5) is 28.8. The molecule has 5 rings (SSSR count). The van der Waals surface area contributed by atoms with E-state index in [0.717, 1.165) is 28.3 Å². The molecular formula is C20H23N7O2. The molecule has 3 aromatic heterocycles. The molecule has 0 atom stereocenters. The van der Waals surface area contributed by atoms with Gasteiger partial charge in [-0.2, -0.15) is 5.10 Å². The first kappa shape index (κ1) is 18.0. The van der Waals surface area contributed by atoms with Crippen molar-refractivity contribution in [3.05, 3.63) is 36.0 Å². The summed E-state index contributed by atoms with van der Waals surface area (Å²) in [6.07, 6.45) is 6.43. The van der Waals surface area contributed by atoms with Gasteiger partial charge in [0.1, 0.15) is 6.33 Å². The summed E-state index contributed by atoms with van der Waals surface area (Å²) in [5.74, 6) is 0.577. The third-order valence-electron chi connectivity index (χ3n) is 5.84. The van der Waals surface area contributed by atoms with E-state index in [1.165, 1.54) is 6.33 Å². The van der Waals surface area contributed by atoms with Gasteiger partial charge in [0.25, 0.3) is 0 Å². The molecule has 9 nitrogen and oxygen atoms in total. The molecule has 5 heterocycles. The van der Waals surface area contributed by atoms with Crippen LogP contribution < -0.4 is 10.2 Å². The molecule has 1 spiro atoms. The van der Waals surface area contributed by atoms with Crippen LogP contribution in [0.2, 0.25) is 0 Å². The van der Waals surface area contributed by atoms with Crippen molar-refractivity contribution in [3.63, 3.8) is 0 Å². The second-order valence-electron chi connectivity index (χ2n) is 7.95. The van der Waals surface area contributed by atoms with Crippen molar-refractivity contribution >= 4 is 28.9 Å². The highest BCUT2D eigenvalue weighted by atomic mass is 16.5. The summed E-state index contributed by atoms with van der Waals surface area (Å²) in [5, 5.41) is 7.48. The Bertz CT molecular complexity index is 1100. The molecule has 1 saturated heterocycles. The summed E-state index contributed by atoms with van der Waals surface area (Å²) >= 11 is 0. The molecule has 0 bridgehead atoms. The van der Waals surface area contributed by atoms with Crippen LogP contribution in [0.25, 0.3) is 5.65 Å². The number of carbonyl (C=O) groups is 1. The van der Waals surface area contributed by atoms with Crippen LogP contribution in [-0.4, -0.2) is 49.7 Å². The molecule has 150 valence electrons. The monoisotopic (exact) mass is 393 g/mol. The molecular weight excluding hydrogens is 370 g/mol. The average Bonchev–Trinajstić information content (AvgIpc) is 3.24. The van der Waals surface area contributed by atoms with Gasteiger partial charge >= 0.3 is 0 Å². The number of rotatable bonds is 3. The maximum atomic E-state index is 13.4. The second-order valence-corrected chi connectivity index (χ2v) is 7.95. The first-order valence-corrected chi connectivity index (χ1v) is 9.85. The standard InChI is InChI=1S/C20H23N7O2/c1-12(2)27-15-9-21-19(24-14-10-26-16(8-13(14)3)22-11-23-26)25-17(15)20(18(27)28)4-6-29-7-5-20/h8-12H,4-7H2,1-3H3,(H,21,24,25). The third kappa shape index (κ3) is 2.68. The molecule has 3 aromatic rings. The van der Waals surface area contributed by atoms with Crippen LogP contribution in [0.3, 0.4) is 0 Å². The highest BCUT2D eigenvalue weighted by molar-refractivity contribution is 6.08. The van der Waals surface area contributed by atoms with Gasteiger partial charge in [0, 0.05) is 19.3 Å². The second kappa shape index (κ2) is 6.48. The highest BCUT2D eigenvalue weighted by Crippen LogP contribution is 2.47. The number of nitrogens with zero attached hydrogens (tertiary/aromatic N) is 6. The molecule has 0 radical (unpaired) electrons. The minimum Gasteiger partial charge on any atom is -0.381 e. The summed E-state index contributed by atoms with van der Waals surface area (Å²) in [7, 11) is 0. The zero-order valence-electron chi connectivity index (χ0n) is 16.7. The number of aryl methyl sites for hydroxylation is 1. The number of anilines is 3. The van der Waals surface area contributed by atoms with Crippen LogP contribution in [0.1, 0.15) is 37.9 Å². The normalized spacial score (nSPS) is 18.1. The summed E-state index contributed by atoms with van der Waals surface area (Å²) in [6.45, 7) is 7.15. The Morgan fingerprint density at radius 3 is 2.79 bits per heavy atom. The van der Waals surface area contributed by atoms with E-state index in [9.17, 15) is 4.79 Å². The van der Waals surface area contributed by atoms with Gasteiger partial charge in [0.05, 0.1) is 34.9 Å².